The zero-order valence-corrected chi connectivity index (χ0v) is 14.1. The Balaban J connectivity index is 1.97. The van der Waals surface area contributed by atoms with Gasteiger partial charge in [-0.3, -0.25) is 4.79 Å². The molecule has 2 aromatic rings. The summed E-state index contributed by atoms with van der Waals surface area (Å²) in [6, 6.07) is 6.44. The van der Waals surface area contributed by atoms with Crippen LogP contribution >= 0.6 is 11.8 Å². The predicted octanol–water partition coefficient (Wildman–Crippen LogP) is 2.54. The number of rotatable bonds is 6. The summed E-state index contributed by atoms with van der Waals surface area (Å²) in [6.07, 6.45) is 1.93. The Kier molecular flexibility index (Phi) is 5.75. The first-order valence-corrected chi connectivity index (χ1v) is 8.39. The monoisotopic (exact) mass is 333 g/mol. The van der Waals surface area contributed by atoms with E-state index in [4.69, 9.17) is 0 Å². The van der Waals surface area contributed by atoms with Crippen molar-refractivity contribution < 1.29 is 9.59 Å². The van der Waals surface area contributed by atoms with Crippen molar-refractivity contribution in [3.05, 3.63) is 35.7 Å². The van der Waals surface area contributed by atoms with Gasteiger partial charge in [0.1, 0.15) is 0 Å². The topological polar surface area (TPSA) is 88.9 Å². The Bertz CT molecular complexity index is 714. The van der Waals surface area contributed by atoms with Crippen LogP contribution in [0.4, 0.5) is 10.5 Å². The number of amides is 2. The number of nitrogens with zero attached hydrogens (tertiary/aromatic N) is 3. The third kappa shape index (κ3) is 4.32. The molecule has 1 aromatic heterocycles. The average molecular weight is 333 g/mol. The molecule has 0 radical (unpaired) electrons. The lowest BCUT2D eigenvalue weighted by atomic mass is 10.1. The summed E-state index contributed by atoms with van der Waals surface area (Å²) in [5.41, 5.74) is 1.12. The van der Waals surface area contributed by atoms with E-state index in [1.807, 2.05) is 17.7 Å². The lowest BCUT2D eigenvalue weighted by Gasteiger charge is -2.09. The van der Waals surface area contributed by atoms with Crippen molar-refractivity contribution in [1.82, 2.24) is 20.1 Å². The van der Waals surface area contributed by atoms with E-state index in [1.54, 1.807) is 24.3 Å². The largest absolute Gasteiger partial charge is 0.331 e. The molecule has 0 atom stereocenters. The van der Waals surface area contributed by atoms with Crippen molar-refractivity contribution in [3.8, 4) is 0 Å². The van der Waals surface area contributed by atoms with Gasteiger partial charge in [-0.1, -0.05) is 23.9 Å². The minimum absolute atomic E-state index is 0.0466. The van der Waals surface area contributed by atoms with Gasteiger partial charge in [-0.05, 0) is 32.2 Å². The van der Waals surface area contributed by atoms with Crippen molar-refractivity contribution in [1.29, 1.82) is 0 Å². The molecular weight excluding hydrogens is 314 g/mol. The molecule has 0 saturated carbocycles. The number of Topliss-reactive ketones (excluding diaryl/α,β-unsaturated/α-hetero) is 1. The molecule has 0 fully saturated rings. The van der Waals surface area contributed by atoms with Crippen LogP contribution in [-0.4, -0.2) is 32.8 Å². The number of nitrogens with one attached hydrogen (secondary N) is 2. The van der Waals surface area contributed by atoms with E-state index in [2.05, 4.69) is 20.8 Å². The minimum Gasteiger partial charge on any atom is -0.331 e. The Morgan fingerprint density at radius 1 is 1.30 bits per heavy atom. The van der Waals surface area contributed by atoms with Crippen LogP contribution in [0.3, 0.4) is 0 Å². The minimum atomic E-state index is -0.359. The van der Waals surface area contributed by atoms with Crippen molar-refractivity contribution in [3.63, 3.8) is 0 Å². The van der Waals surface area contributed by atoms with E-state index in [0.717, 1.165) is 11.7 Å². The molecule has 8 heteroatoms. The number of carbonyl (C=O) groups is 2. The normalized spacial score (nSPS) is 10.4. The molecule has 1 heterocycles. The number of thioether (sulfide) groups is 1. The number of anilines is 1. The molecular formula is C15H19N5O2S. The molecule has 0 unspecified atom stereocenters. The Hall–Kier alpha value is -2.35. The molecule has 2 N–H and O–H groups in total. The fraction of sp³-hybridized carbons (Fsp3) is 0.333. The second-order valence-electron chi connectivity index (χ2n) is 4.79. The van der Waals surface area contributed by atoms with Gasteiger partial charge < -0.3 is 15.2 Å². The number of hydrogen-bond acceptors (Lipinski definition) is 5. The zero-order chi connectivity index (χ0) is 16.8. The number of ketones is 1. The first kappa shape index (κ1) is 17.0. The second-order valence-corrected chi connectivity index (χ2v) is 5.57. The molecule has 0 aliphatic carbocycles. The second kappa shape index (κ2) is 7.77. The Morgan fingerprint density at radius 3 is 2.74 bits per heavy atom. The Morgan fingerprint density at radius 2 is 2.09 bits per heavy atom. The van der Waals surface area contributed by atoms with Crippen molar-refractivity contribution >= 4 is 29.3 Å². The van der Waals surface area contributed by atoms with Gasteiger partial charge in [-0.15, -0.1) is 10.2 Å². The third-order valence-corrected chi connectivity index (χ3v) is 3.89. The third-order valence-electron chi connectivity index (χ3n) is 3.23. The lowest BCUT2D eigenvalue weighted by molar-refractivity contribution is 0.101. The number of hydrogen-bond donors (Lipinski definition) is 2. The van der Waals surface area contributed by atoms with Gasteiger partial charge in [0.2, 0.25) is 0 Å². The van der Waals surface area contributed by atoms with Gasteiger partial charge in [0, 0.05) is 17.8 Å². The summed E-state index contributed by atoms with van der Waals surface area (Å²) in [7, 11) is 0. The maximum Gasteiger partial charge on any atom is 0.319 e. The summed E-state index contributed by atoms with van der Waals surface area (Å²) in [4.78, 5) is 23.3. The molecule has 1 aromatic carbocycles. The van der Waals surface area contributed by atoms with Crippen LogP contribution in [0, 0.1) is 0 Å². The van der Waals surface area contributed by atoms with Crippen LogP contribution in [0.5, 0.6) is 0 Å². The highest BCUT2D eigenvalue weighted by Gasteiger charge is 2.11. The van der Waals surface area contributed by atoms with E-state index in [0.29, 0.717) is 17.1 Å². The van der Waals surface area contributed by atoms with Gasteiger partial charge in [0.25, 0.3) is 0 Å². The van der Waals surface area contributed by atoms with Crippen molar-refractivity contribution in [2.24, 2.45) is 0 Å². The number of urea groups is 1. The molecule has 0 spiro atoms. The molecule has 0 aliphatic heterocycles. The van der Waals surface area contributed by atoms with Gasteiger partial charge in [0.05, 0.1) is 6.54 Å². The standard InChI is InChI=1S/C15H19N5O2S/c1-4-20-13(18-19-15(20)23-3)9-16-14(22)17-12-7-5-6-11(8-12)10(2)21/h5-8H,4,9H2,1-3H3,(H2,16,17,22). The Labute approximate surface area is 138 Å². The molecule has 0 saturated heterocycles. The molecule has 122 valence electrons. The van der Waals surface area contributed by atoms with Crippen LogP contribution in [0.1, 0.15) is 30.0 Å². The number of aromatic nitrogens is 3. The summed E-state index contributed by atoms with van der Waals surface area (Å²) in [6.45, 7) is 4.50. The lowest BCUT2D eigenvalue weighted by Crippen LogP contribution is -2.29. The molecule has 23 heavy (non-hydrogen) atoms. The maximum absolute atomic E-state index is 12.0. The highest BCUT2D eigenvalue weighted by molar-refractivity contribution is 7.98. The first-order valence-electron chi connectivity index (χ1n) is 7.17. The van der Waals surface area contributed by atoms with Crippen LogP contribution in [-0.2, 0) is 13.1 Å². The highest BCUT2D eigenvalue weighted by Crippen LogP contribution is 2.13. The van der Waals surface area contributed by atoms with Crippen LogP contribution in [0.25, 0.3) is 0 Å². The van der Waals surface area contributed by atoms with Crippen LogP contribution < -0.4 is 10.6 Å². The fourth-order valence-corrected chi connectivity index (χ4v) is 2.65. The van der Waals surface area contributed by atoms with Crippen LogP contribution in [0.15, 0.2) is 29.4 Å². The summed E-state index contributed by atoms with van der Waals surface area (Å²) in [5, 5.41) is 14.4. The summed E-state index contributed by atoms with van der Waals surface area (Å²) in [5.74, 6) is 0.652. The summed E-state index contributed by atoms with van der Waals surface area (Å²) >= 11 is 1.51. The van der Waals surface area contributed by atoms with E-state index in [-0.39, 0.29) is 18.4 Å². The van der Waals surface area contributed by atoms with E-state index in [1.165, 1.54) is 18.7 Å². The van der Waals surface area contributed by atoms with E-state index < -0.39 is 0 Å². The quantitative estimate of drug-likeness (QED) is 0.626. The average Bonchev–Trinajstić information content (AvgIpc) is 2.95. The van der Waals surface area contributed by atoms with Gasteiger partial charge in [-0.2, -0.15) is 0 Å². The van der Waals surface area contributed by atoms with Crippen molar-refractivity contribution in [2.45, 2.75) is 32.1 Å². The molecule has 0 bridgehead atoms. The predicted molar refractivity (Wildman–Crippen MR) is 89.8 cm³/mol. The zero-order valence-electron chi connectivity index (χ0n) is 13.3. The van der Waals surface area contributed by atoms with E-state index in [9.17, 15) is 9.59 Å². The molecule has 0 aliphatic rings. The SMILES string of the molecule is CCn1c(CNC(=O)Nc2cccc(C(C)=O)c2)nnc1SC. The highest BCUT2D eigenvalue weighted by atomic mass is 32.2. The van der Waals surface area contributed by atoms with E-state index >= 15 is 0 Å². The number of carbonyl (C=O) groups excluding carboxylic acids is 2. The first-order chi connectivity index (χ1) is 11.0. The van der Waals surface area contributed by atoms with Gasteiger partial charge >= 0.3 is 6.03 Å². The van der Waals surface area contributed by atoms with Crippen LogP contribution in [0.2, 0.25) is 0 Å². The smallest absolute Gasteiger partial charge is 0.319 e. The summed E-state index contributed by atoms with van der Waals surface area (Å²) < 4.78 is 1.95. The van der Waals surface area contributed by atoms with Gasteiger partial charge in [-0.25, -0.2) is 4.79 Å². The molecule has 2 rings (SSSR count). The number of benzene rings is 1. The molecule has 2 amide bonds. The van der Waals surface area contributed by atoms with Crippen molar-refractivity contribution in [2.75, 3.05) is 11.6 Å². The van der Waals surface area contributed by atoms with Gasteiger partial charge in [0.15, 0.2) is 16.8 Å². The molecule has 7 nitrogen and oxygen atoms in total. The fourth-order valence-electron chi connectivity index (χ4n) is 2.07. The maximum atomic E-state index is 12.0.